The summed E-state index contributed by atoms with van der Waals surface area (Å²) in [7, 11) is -3.63. The predicted molar refractivity (Wildman–Crippen MR) is 117 cm³/mol. The van der Waals surface area contributed by atoms with Gasteiger partial charge in [0.2, 0.25) is 15.9 Å². The van der Waals surface area contributed by atoms with E-state index >= 15 is 0 Å². The zero-order valence-corrected chi connectivity index (χ0v) is 18.4. The molecular formula is C20H22ClN3O3S2. The molecule has 154 valence electrons. The quantitative estimate of drug-likeness (QED) is 0.770. The number of hydrogen-bond donors (Lipinski definition) is 1. The molecule has 1 saturated heterocycles. The highest BCUT2D eigenvalue weighted by molar-refractivity contribution is 8.00. The molecule has 2 aromatic carbocycles. The van der Waals surface area contributed by atoms with E-state index in [4.69, 9.17) is 11.6 Å². The van der Waals surface area contributed by atoms with Crippen LogP contribution in [0.4, 0.5) is 11.4 Å². The van der Waals surface area contributed by atoms with Gasteiger partial charge >= 0.3 is 0 Å². The second-order valence-electron chi connectivity index (χ2n) is 7.21. The molecule has 0 aliphatic carbocycles. The number of nitrogens with one attached hydrogen (secondary N) is 1. The topological polar surface area (TPSA) is 69.7 Å². The van der Waals surface area contributed by atoms with Crippen LogP contribution < -0.4 is 10.2 Å². The Morgan fingerprint density at radius 2 is 1.86 bits per heavy atom. The molecule has 29 heavy (non-hydrogen) atoms. The van der Waals surface area contributed by atoms with Crippen LogP contribution in [0, 0.1) is 0 Å². The Kier molecular flexibility index (Phi) is 5.79. The first kappa shape index (κ1) is 20.5. The molecule has 9 heteroatoms. The minimum Gasteiger partial charge on any atom is -0.369 e. The normalized spacial score (nSPS) is 20.7. The summed E-state index contributed by atoms with van der Waals surface area (Å²) in [5, 5.41) is 3.65. The highest BCUT2D eigenvalue weighted by Gasteiger charge is 2.30. The van der Waals surface area contributed by atoms with Crippen molar-refractivity contribution in [1.82, 2.24) is 4.31 Å². The molecule has 0 bridgehead atoms. The van der Waals surface area contributed by atoms with E-state index in [-0.39, 0.29) is 16.1 Å². The molecule has 2 heterocycles. The maximum Gasteiger partial charge on any atom is 0.243 e. The van der Waals surface area contributed by atoms with Crippen molar-refractivity contribution in [3.63, 3.8) is 0 Å². The van der Waals surface area contributed by atoms with E-state index in [0.29, 0.717) is 43.3 Å². The number of fused-ring (bicyclic) bond motifs is 1. The molecule has 4 rings (SSSR count). The fraction of sp³-hybridized carbons (Fsp3) is 0.350. The third-order valence-corrected chi connectivity index (χ3v) is 8.38. The van der Waals surface area contributed by atoms with Gasteiger partial charge in [-0.25, -0.2) is 8.42 Å². The Bertz CT molecular complexity index is 1040. The van der Waals surface area contributed by atoms with Gasteiger partial charge in [0.1, 0.15) is 0 Å². The van der Waals surface area contributed by atoms with Gasteiger partial charge in [-0.15, -0.1) is 11.8 Å². The average Bonchev–Trinajstić information content (AvgIpc) is 2.83. The van der Waals surface area contributed by atoms with Crippen LogP contribution in [-0.2, 0) is 14.8 Å². The van der Waals surface area contributed by atoms with E-state index in [0.717, 1.165) is 10.6 Å². The molecular weight excluding hydrogens is 430 g/mol. The first-order chi connectivity index (χ1) is 13.8. The lowest BCUT2D eigenvalue weighted by molar-refractivity contribution is -0.116. The van der Waals surface area contributed by atoms with Gasteiger partial charge in [-0.05, 0) is 36.4 Å². The van der Waals surface area contributed by atoms with Crippen molar-refractivity contribution in [2.45, 2.75) is 28.4 Å². The van der Waals surface area contributed by atoms with Gasteiger partial charge in [-0.2, -0.15) is 4.31 Å². The number of benzene rings is 2. The monoisotopic (exact) mass is 451 g/mol. The van der Waals surface area contributed by atoms with Gasteiger partial charge < -0.3 is 10.2 Å². The summed E-state index contributed by atoms with van der Waals surface area (Å²) in [5.41, 5.74) is 1.57. The van der Waals surface area contributed by atoms with Crippen LogP contribution in [0.1, 0.15) is 13.3 Å². The number of carbonyl (C=O) groups excluding carboxylic acids is 1. The summed E-state index contributed by atoms with van der Waals surface area (Å²) in [4.78, 5) is 15.3. The minimum absolute atomic E-state index is 0.0894. The van der Waals surface area contributed by atoms with Crippen molar-refractivity contribution < 1.29 is 13.2 Å². The summed E-state index contributed by atoms with van der Waals surface area (Å²) < 4.78 is 27.8. The SMILES string of the molecule is CC1CC(=O)Nc2cc(S(=O)(=O)N3CCN(c4cccc(Cl)c4)CC3)ccc2S1. The fourth-order valence-electron chi connectivity index (χ4n) is 3.60. The summed E-state index contributed by atoms with van der Waals surface area (Å²) in [6.45, 7) is 3.96. The summed E-state index contributed by atoms with van der Waals surface area (Å²) >= 11 is 7.65. The van der Waals surface area contributed by atoms with Crippen molar-refractivity contribution in [2.75, 3.05) is 36.4 Å². The van der Waals surface area contributed by atoms with Crippen LogP contribution in [0.15, 0.2) is 52.3 Å². The first-order valence-corrected chi connectivity index (χ1v) is 12.1. The Hall–Kier alpha value is -1.74. The van der Waals surface area contributed by atoms with E-state index in [1.807, 2.05) is 31.2 Å². The molecule has 1 atom stereocenters. The second-order valence-corrected chi connectivity index (χ2v) is 11.1. The molecule has 2 aliphatic heterocycles. The van der Waals surface area contributed by atoms with Crippen LogP contribution >= 0.6 is 23.4 Å². The Morgan fingerprint density at radius 1 is 1.10 bits per heavy atom. The molecule has 1 unspecified atom stereocenters. The maximum atomic E-state index is 13.2. The van der Waals surface area contributed by atoms with E-state index in [1.54, 1.807) is 30.0 Å². The molecule has 1 amide bonds. The van der Waals surface area contributed by atoms with Crippen molar-refractivity contribution in [3.8, 4) is 0 Å². The lowest BCUT2D eigenvalue weighted by Crippen LogP contribution is -2.48. The van der Waals surface area contributed by atoms with Crippen molar-refractivity contribution >= 4 is 50.7 Å². The largest absolute Gasteiger partial charge is 0.369 e. The number of carbonyl (C=O) groups is 1. The number of nitrogens with zero attached hydrogens (tertiary/aromatic N) is 2. The standard InChI is InChI=1S/C20H22ClN3O3S2/c1-14-11-20(25)22-18-13-17(5-6-19(18)28-14)29(26,27)24-9-7-23(8-10-24)16-4-2-3-15(21)12-16/h2-6,12-14H,7-11H2,1H3,(H,22,25). The zero-order valence-electron chi connectivity index (χ0n) is 16.0. The zero-order chi connectivity index (χ0) is 20.6. The molecule has 6 nitrogen and oxygen atoms in total. The number of hydrogen-bond acceptors (Lipinski definition) is 5. The molecule has 1 fully saturated rings. The van der Waals surface area contributed by atoms with E-state index in [1.165, 1.54) is 4.31 Å². The number of halogens is 1. The molecule has 0 spiro atoms. The lowest BCUT2D eigenvalue weighted by Gasteiger charge is -2.35. The van der Waals surface area contributed by atoms with Crippen LogP contribution in [0.25, 0.3) is 0 Å². The fourth-order valence-corrected chi connectivity index (χ4v) is 6.28. The molecule has 0 aromatic heterocycles. The number of anilines is 2. The minimum atomic E-state index is -3.63. The highest BCUT2D eigenvalue weighted by atomic mass is 35.5. The third kappa shape index (κ3) is 4.40. The Morgan fingerprint density at radius 3 is 2.59 bits per heavy atom. The molecule has 1 N–H and O–H groups in total. The molecule has 2 aromatic rings. The number of piperazine rings is 1. The number of sulfonamides is 1. The third-order valence-electron chi connectivity index (χ3n) is 5.08. The van der Waals surface area contributed by atoms with Gasteiger partial charge in [0.05, 0.1) is 10.6 Å². The van der Waals surface area contributed by atoms with E-state index in [9.17, 15) is 13.2 Å². The predicted octanol–water partition coefficient (Wildman–Crippen LogP) is 3.67. The Balaban J connectivity index is 1.52. The van der Waals surface area contributed by atoms with Crippen molar-refractivity contribution in [1.29, 1.82) is 0 Å². The van der Waals surface area contributed by atoms with E-state index in [2.05, 4.69) is 10.2 Å². The van der Waals surface area contributed by atoms with Gasteiger partial charge in [0, 0.05) is 53.5 Å². The Labute approximate surface area is 180 Å². The number of amides is 1. The van der Waals surface area contributed by atoms with Crippen LogP contribution in [0.5, 0.6) is 0 Å². The molecule has 2 aliphatic rings. The van der Waals surface area contributed by atoms with Crippen molar-refractivity contribution in [2.24, 2.45) is 0 Å². The number of rotatable bonds is 3. The van der Waals surface area contributed by atoms with Crippen LogP contribution in [-0.4, -0.2) is 50.1 Å². The number of thioether (sulfide) groups is 1. The van der Waals surface area contributed by atoms with Crippen LogP contribution in [0.3, 0.4) is 0 Å². The molecule has 0 saturated carbocycles. The second kappa shape index (κ2) is 8.18. The molecule has 0 radical (unpaired) electrons. The maximum absolute atomic E-state index is 13.2. The van der Waals surface area contributed by atoms with Crippen molar-refractivity contribution in [3.05, 3.63) is 47.5 Å². The van der Waals surface area contributed by atoms with Crippen LogP contribution in [0.2, 0.25) is 5.02 Å². The summed E-state index contributed by atoms with van der Waals surface area (Å²) in [6, 6.07) is 12.6. The highest BCUT2D eigenvalue weighted by Crippen LogP contribution is 2.36. The van der Waals surface area contributed by atoms with E-state index < -0.39 is 10.0 Å². The van der Waals surface area contributed by atoms with Gasteiger partial charge in [-0.3, -0.25) is 4.79 Å². The van der Waals surface area contributed by atoms with Gasteiger partial charge in [0.25, 0.3) is 0 Å². The van der Waals surface area contributed by atoms with Gasteiger partial charge in [0.15, 0.2) is 0 Å². The summed E-state index contributed by atoms with van der Waals surface area (Å²) in [6.07, 6.45) is 0.410. The average molecular weight is 452 g/mol. The first-order valence-electron chi connectivity index (χ1n) is 9.44. The smallest absolute Gasteiger partial charge is 0.243 e. The lowest BCUT2D eigenvalue weighted by atomic mass is 10.2. The van der Waals surface area contributed by atoms with Gasteiger partial charge in [-0.1, -0.05) is 24.6 Å². The summed E-state index contributed by atoms with van der Waals surface area (Å²) in [5.74, 6) is -0.0894.